The molecule has 0 fully saturated rings. The summed E-state index contributed by atoms with van der Waals surface area (Å²) >= 11 is 0. The van der Waals surface area contributed by atoms with E-state index in [9.17, 15) is 9.59 Å². The van der Waals surface area contributed by atoms with E-state index in [0.717, 1.165) is 5.39 Å². The van der Waals surface area contributed by atoms with Crippen molar-refractivity contribution < 1.29 is 9.21 Å². The van der Waals surface area contributed by atoms with Crippen molar-refractivity contribution in [3.8, 4) is 0 Å². The number of nitrogens with zero attached hydrogens (tertiary/aromatic N) is 2. The molecule has 0 bridgehead atoms. The average Bonchev–Trinajstić information content (AvgIpc) is 2.80. The second-order valence-corrected chi connectivity index (χ2v) is 5.18. The minimum atomic E-state index is -0.352. The number of furan rings is 1. The molecule has 0 saturated heterocycles. The third-order valence-electron chi connectivity index (χ3n) is 3.11. The van der Waals surface area contributed by atoms with Gasteiger partial charge >= 0.3 is 0 Å². The van der Waals surface area contributed by atoms with Crippen LogP contribution < -0.4 is 10.9 Å². The Morgan fingerprint density at radius 2 is 2.14 bits per heavy atom. The number of rotatable bonds is 3. The minimum absolute atomic E-state index is 0.0242. The third kappa shape index (κ3) is 2.40. The maximum atomic E-state index is 12.4. The lowest BCUT2D eigenvalue weighted by molar-refractivity contribution is -0.122. The number of nitrogens with one attached hydrogen (secondary N) is 1. The standard InChI is InChI=1S/C15H15N3O3/c1-9(2)17-12(19)7-18-8-16-13-10-5-3-4-6-11(10)21-14(13)15(18)20/h3-6,8-9H,7H2,1-2H3,(H,17,19). The van der Waals surface area contributed by atoms with Crippen molar-refractivity contribution >= 4 is 28.0 Å². The maximum absolute atomic E-state index is 12.4. The van der Waals surface area contributed by atoms with Crippen molar-refractivity contribution in [2.45, 2.75) is 26.4 Å². The number of hydrogen-bond acceptors (Lipinski definition) is 4. The molecule has 0 atom stereocenters. The lowest BCUT2D eigenvalue weighted by Crippen LogP contribution is -2.36. The van der Waals surface area contributed by atoms with Crippen LogP contribution in [0.3, 0.4) is 0 Å². The van der Waals surface area contributed by atoms with E-state index in [2.05, 4.69) is 10.3 Å². The summed E-state index contributed by atoms with van der Waals surface area (Å²) in [5, 5.41) is 3.53. The average molecular weight is 285 g/mol. The Bertz CT molecular complexity index is 877. The van der Waals surface area contributed by atoms with E-state index in [-0.39, 0.29) is 29.6 Å². The summed E-state index contributed by atoms with van der Waals surface area (Å²) in [4.78, 5) is 28.4. The van der Waals surface area contributed by atoms with Gasteiger partial charge in [-0.2, -0.15) is 0 Å². The van der Waals surface area contributed by atoms with Gasteiger partial charge in [0.2, 0.25) is 11.5 Å². The molecule has 1 N–H and O–H groups in total. The second kappa shape index (κ2) is 5.05. The zero-order valence-corrected chi connectivity index (χ0v) is 11.8. The molecular formula is C15H15N3O3. The van der Waals surface area contributed by atoms with Crippen LogP contribution in [0.25, 0.3) is 22.1 Å². The minimum Gasteiger partial charge on any atom is -0.448 e. The van der Waals surface area contributed by atoms with Crippen LogP contribution in [0, 0.1) is 0 Å². The Hall–Kier alpha value is -2.63. The predicted molar refractivity (Wildman–Crippen MR) is 79.1 cm³/mol. The first-order valence-corrected chi connectivity index (χ1v) is 6.72. The SMILES string of the molecule is CC(C)NC(=O)Cn1cnc2c(oc3ccccc32)c1=O. The molecule has 1 aromatic carbocycles. The second-order valence-electron chi connectivity index (χ2n) is 5.18. The van der Waals surface area contributed by atoms with Gasteiger partial charge in [0.1, 0.15) is 17.6 Å². The van der Waals surface area contributed by atoms with Crippen molar-refractivity contribution in [3.63, 3.8) is 0 Å². The fraction of sp³-hybridized carbons (Fsp3) is 0.267. The van der Waals surface area contributed by atoms with E-state index in [1.54, 1.807) is 6.07 Å². The van der Waals surface area contributed by atoms with E-state index < -0.39 is 0 Å². The highest BCUT2D eigenvalue weighted by atomic mass is 16.3. The first-order chi connectivity index (χ1) is 10.1. The van der Waals surface area contributed by atoms with Crippen LogP contribution in [0.5, 0.6) is 0 Å². The van der Waals surface area contributed by atoms with Crippen LogP contribution in [0.1, 0.15) is 13.8 Å². The monoisotopic (exact) mass is 285 g/mol. The fourth-order valence-corrected chi connectivity index (χ4v) is 2.25. The third-order valence-corrected chi connectivity index (χ3v) is 3.11. The summed E-state index contributed by atoms with van der Waals surface area (Å²) in [6.45, 7) is 3.65. The molecule has 6 nitrogen and oxygen atoms in total. The summed E-state index contributed by atoms with van der Waals surface area (Å²) in [5.41, 5.74) is 0.962. The topological polar surface area (TPSA) is 77.1 Å². The van der Waals surface area contributed by atoms with Crippen LogP contribution in [0.2, 0.25) is 0 Å². The highest BCUT2D eigenvalue weighted by Crippen LogP contribution is 2.23. The van der Waals surface area contributed by atoms with Crippen molar-refractivity contribution in [2.24, 2.45) is 0 Å². The molecule has 1 amide bonds. The van der Waals surface area contributed by atoms with Crippen LogP contribution in [-0.2, 0) is 11.3 Å². The largest absolute Gasteiger partial charge is 0.448 e. The Balaban J connectivity index is 2.06. The van der Waals surface area contributed by atoms with Gasteiger partial charge in [-0.15, -0.1) is 0 Å². The molecule has 0 radical (unpaired) electrons. The molecule has 0 aliphatic carbocycles. The van der Waals surface area contributed by atoms with Gasteiger partial charge < -0.3 is 9.73 Å². The van der Waals surface area contributed by atoms with Gasteiger partial charge in [-0.1, -0.05) is 12.1 Å². The van der Waals surface area contributed by atoms with Crippen LogP contribution in [0.4, 0.5) is 0 Å². The molecule has 0 saturated carbocycles. The van der Waals surface area contributed by atoms with Crippen molar-refractivity contribution in [3.05, 3.63) is 40.9 Å². The normalized spacial score (nSPS) is 11.4. The molecule has 6 heteroatoms. The highest BCUT2D eigenvalue weighted by molar-refractivity contribution is 6.01. The maximum Gasteiger partial charge on any atom is 0.297 e. The quantitative estimate of drug-likeness (QED) is 0.794. The molecule has 21 heavy (non-hydrogen) atoms. The van der Waals surface area contributed by atoms with Crippen molar-refractivity contribution in [1.29, 1.82) is 0 Å². The number of amides is 1. The summed E-state index contributed by atoms with van der Waals surface area (Å²) in [7, 11) is 0. The number of aromatic nitrogens is 2. The Labute approximate surface area is 120 Å². The molecule has 3 rings (SSSR count). The molecule has 2 aromatic heterocycles. The molecule has 0 unspecified atom stereocenters. The van der Waals surface area contributed by atoms with Gasteiger partial charge in [0.15, 0.2) is 0 Å². The first kappa shape index (κ1) is 13.4. The zero-order chi connectivity index (χ0) is 15.0. The van der Waals surface area contributed by atoms with Crippen LogP contribution >= 0.6 is 0 Å². The molecule has 2 heterocycles. The Morgan fingerprint density at radius 1 is 1.38 bits per heavy atom. The molecule has 3 aromatic rings. The molecule has 108 valence electrons. The van der Waals surface area contributed by atoms with Gasteiger partial charge in [0.25, 0.3) is 5.56 Å². The summed E-state index contributed by atoms with van der Waals surface area (Å²) in [5.74, 6) is -0.232. The lowest BCUT2D eigenvalue weighted by atomic mass is 10.2. The van der Waals surface area contributed by atoms with Crippen molar-refractivity contribution in [2.75, 3.05) is 0 Å². The molecule has 0 spiro atoms. The predicted octanol–water partition coefficient (Wildman–Crippen LogP) is 1.67. The van der Waals surface area contributed by atoms with Crippen molar-refractivity contribution in [1.82, 2.24) is 14.9 Å². The summed E-state index contributed by atoms with van der Waals surface area (Å²) < 4.78 is 6.81. The molecular weight excluding hydrogens is 270 g/mol. The zero-order valence-electron chi connectivity index (χ0n) is 11.8. The smallest absolute Gasteiger partial charge is 0.297 e. The summed E-state index contributed by atoms with van der Waals surface area (Å²) in [6.07, 6.45) is 1.38. The van der Waals surface area contributed by atoms with E-state index >= 15 is 0 Å². The van der Waals surface area contributed by atoms with Gasteiger partial charge in [0.05, 0.1) is 6.33 Å². The Morgan fingerprint density at radius 3 is 2.90 bits per heavy atom. The number of benzene rings is 1. The van der Waals surface area contributed by atoms with Gasteiger partial charge in [-0.25, -0.2) is 4.98 Å². The lowest BCUT2D eigenvalue weighted by Gasteiger charge is -2.09. The van der Waals surface area contributed by atoms with E-state index in [1.165, 1.54) is 10.9 Å². The van der Waals surface area contributed by atoms with Gasteiger partial charge in [-0.05, 0) is 26.0 Å². The van der Waals surface area contributed by atoms with E-state index in [4.69, 9.17) is 4.42 Å². The highest BCUT2D eigenvalue weighted by Gasteiger charge is 2.14. The van der Waals surface area contributed by atoms with Gasteiger partial charge in [0, 0.05) is 11.4 Å². The molecule has 0 aliphatic heterocycles. The number of hydrogen-bond donors (Lipinski definition) is 1. The summed E-state index contributed by atoms with van der Waals surface area (Å²) in [6, 6.07) is 7.35. The van der Waals surface area contributed by atoms with Gasteiger partial charge in [-0.3, -0.25) is 14.2 Å². The number of carbonyl (C=O) groups is 1. The Kier molecular flexibility index (Phi) is 3.21. The fourth-order valence-electron chi connectivity index (χ4n) is 2.25. The first-order valence-electron chi connectivity index (χ1n) is 6.72. The van der Waals surface area contributed by atoms with E-state index in [1.807, 2.05) is 32.0 Å². The number of carbonyl (C=O) groups excluding carboxylic acids is 1. The van der Waals surface area contributed by atoms with Crippen LogP contribution in [0.15, 0.2) is 39.8 Å². The van der Waals surface area contributed by atoms with Crippen LogP contribution in [-0.4, -0.2) is 21.5 Å². The van der Waals surface area contributed by atoms with E-state index in [0.29, 0.717) is 11.1 Å². The molecule has 0 aliphatic rings. The number of para-hydroxylation sites is 1. The number of fused-ring (bicyclic) bond motifs is 3.